The van der Waals surface area contributed by atoms with Crippen LogP contribution in [-0.4, -0.2) is 24.4 Å². The highest BCUT2D eigenvalue weighted by atomic mass is 19.3. The molecule has 0 aromatic heterocycles. The monoisotopic (exact) mass is 469 g/mol. The Labute approximate surface area is 194 Å². The van der Waals surface area contributed by atoms with Gasteiger partial charge in [0.1, 0.15) is 18.1 Å². The van der Waals surface area contributed by atoms with E-state index in [2.05, 4.69) is 4.74 Å². The molecule has 0 N–H and O–H groups in total. The highest BCUT2D eigenvalue weighted by Gasteiger charge is 2.16. The van der Waals surface area contributed by atoms with Crippen LogP contribution < -0.4 is 14.2 Å². The molecule has 0 amide bonds. The number of rotatable bonds is 10. The first-order valence-corrected chi connectivity index (χ1v) is 10.1. The maximum Gasteiger partial charge on any atom is 0.387 e. The lowest BCUT2D eigenvalue weighted by Crippen LogP contribution is -2.03. The summed E-state index contributed by atoms with van der Waals surface area (Å²) in [5.41, 5.74) is 2.11. The van der Waals surface area contributed by atoms with Gasteiger partial charge in [-0.2, -0.15) is 8.78 Å². The summed E-state index contributed by atoms with van der Waals surface area (Å²) >= 11 is 0. The minimum atomic E-state index is -2.98. The van der Waals surface area contributed by atoms with Crippen LogP contribution in [0.2, 0.25) is 0 Å². The number of carbonyl (C=O) groups is 1. The summed E-state index contributed by atoms with van der Waals surface area (Å²) in [7, 11) is 1.49. The number of benzene rings is 3. The van der Waals surface area contributed by atoms with Gasteiger partial charge in [-0.1, -0.05) is 30.3 Å². The van der Waals surface area contributed by atoms with Crippen molar-refractivity contribution in [3.63, 3.8) is 0 Å². The maximum atomic E-state index is 12.5. The van der Waals surface area contributed by atoms with Gasteiger partial charge in [-0.05, 0) is 54.5 Å². The van der Waals surface area contributed by atoms with Crippen LogP contribution in [0.3, 0.4) is 0 Å². The first kappa shape index (κ1) is 24.4. The van der Waals surface area contributed by atoms with Gasteiger partial charge in [0, 0.05) is 17.2 Å². The number of halogens is 2. The van der Waals surface area contributed by atoms with Crippen LogP contribution in [0.4, 0.5) is 14.5 Å². The smallest absolute Gasteiger partial charge is 0.387 e. The second kappa shape index (κ2) is 11.0. The highest BCUT2D eigenvalue weighted by Crippen LogP contribution is 2.30. The van der Waals surface area contributed by atoms with E-state index in [-0.39, 0.29) is 29.4 Å². The average Bonchev–Trinajstić information content (AvgIpc) is 2.80. The SMILES string of the molecule is COc1ccc(/C=C/C(=O)c2cccc(OC(F)F)c2)cc1COc1cc(C)ccc1[N+](=O)[O-]. The highest BCUT2D eigenvalue weighted by molar-refractivity contribution is 6.07. The molecule has 0 saturated heterocycles. The van der Waals surface area contributed by atoms with Crippen molar-refractivity contribution in [2.45, 2.75) is 20.1 Å². The van der Waals surface area contributed by atoms with Crippen molar-refractivity contribution in [3.05, 3.63) is 99.1 Å². The number of aryl methyl sites for hydroxylation is 1. The Balaban J connectivity index is 1.78. The van der Waals surface area contributed by atoms with Crippen LogP contribution in [0.1, 0.15) is 27.0 Å². The first-order chi connectivity index (χ1) is 16.3. The van der Waals surface area contributed by atoms with Crippen LogP contribution in [0.25, 0.3) is 6.08 Å². The van der Waals surface area contributed by atoms with Gasteiger partial charge in [0.05, 0.1) is 12.0 Å². The minimum Gasteiger partial charge on any atom is -0.496 e. The predicted octanol–water partition coefficient (Wildman–Crippen LogP) is 5.99. The van der Waals surface area contributed by atoms with Crippen LogP contribution in [0.15, 0.2) is 66.7 Å². The molecule has 3 rings (SSSR count). The molecule has 0 heterocycles. The van der Waals surface area contributed by atoms with E-state index in [9.17, 15) is 23.7 Å². The van der Waals surface area contributed by atoms with Crippen LogP contribution >= 0.6 is 0 Å². The zero-order chi connectivity index (χ0) is 24.7. The average molecular weight is 469 g/mol. The molecule has 0 fully saturated rings. The number of methoxy groups -OCH3 is 1. The Hall–Kier alpha value is -4.27. The molecule has 0 atom stereocenters. The molecule has 0 aliphatic heterocycles. The van der Waals surface area contributed by atoms with Gasteiger partial charge >= 0.3 is 12.3 Å². The van der Waals surface area contributed by atoms with Gasteiger partial charge < -0.3 is 14.2 Å². The van der Waals surface area contributed by atoms with Gasteiger partial charge in [-0.25, -0.2) is 0 Å². The van der Waals surface area contributed by atoms with Crippen molar-refractivity contribution in [2.75, 3.05) is 7.11 Å². The number of hydrogen-bond acceptors (Lipinski definition) is 6. The molecule has 0 radical (unpaired) electrons. The first-order valence-electron chi connectivity index (χ1n) is 10.1. The van der Waals surface area contributed by atoms with Crippen molar-refractivity contribution in [2.24, 2.45) is 0 Å². The predicted molar refractivity (Wildman–Crippen MR) is 122 cm³/mol. The summed E-state index contributed by atoms with van der Waals surface area (Å²) in [6.07, 6.45) is 2.86. The molecule has 34 heavy (non-hydrogen) atoms. The van der Waals surface area contributed by atoms with Crippen molar-refractivity contribution in [1.82, 2.24) is 0 Å². The number of allylic oxidation sites excluding steroid dienone is 1. The van der Waals surface area contributed by atoms with Gasteiger partial charge in [-0.15, -0.1) is 0 Å². The summed E-state index contributed by atoms with van der Waals surface area (Å²) in [6.45, 7) is -1.19. The Bertz CT molecular complexity index is 1230. The molecule has 0 saturated carbocycles. The van der Waals surface area contributed by atoms with Crippen LogP contribution in [0.5, 0.6) is 17.2 Å². The van der Waals surface area contributed by atoms with E-state index in [1.54, 1.807) is 43.3 Å². The van der Waals surface area contributed by atoms with E-state index in [4.69, 9.17) is 9.47 Å². The van der Waals surface area contributed by atoms with Gasteiger partial charge in [0.2, 0.25) is 0 Å². The van der Waals surface area contributed by atoms with Crippen molar-refractivity contribution < 1.29 is 32.7 Å². The van der Waals surface area contributed by atoms with Crippen LogP contribution in [-0.2, 0) is 6.61 Å². The number of hydrogen-bond donors (Lipinski definition) is 0. The van der Waals surface area contributed by atoms with E-state index in [0.29, 0.717) is 16.9 Å². The molecule has 0 bridgehead atoms. The summed E-state index contributed by atoms with van der Waals surface area (Å²) in [4.78, 5) is 23.2. The third-order valence-corrected chi connectivity index (χ3v) is 4.77. The van der Waals surface area contributed by atoms with E-state index in [1.165, 1.54) is 43.5 Å². The summed E-state index contributed by atoms with van der Waals surface area (Å²) < 4.78 is 40.2. The Morgan fingerprint density at radius 3 is 2.59 bits per heavy atom. The number of nitro benzene ring substituents is 1. The number of carbonyl (C=O) groups excluding carboxylic acids is 1. The number of ketones is 1. The van der Waals surface area contributed by atoms with Crippen LogP contribution in [0, 0.1) is 17.0 Å². The molecule has 0 aliphatic rings. The third kappa shape index (κ3) is 6.38. The molecule has 9 heteroatoms. The fourth-order valence-corrected chi connectivity index (χ4v) is 3.15. The minimum absolute atomic E-state index is 0.00386. The molecule has 3 aromatic rings. The molecule has 176 valence electrons. The lowest BCUT2D eigenvalue weighted by Gasteiger charge is -2.12. The van der Waals surface area contributed by atoms with Gasteiger partial charge in [0.15, 0.2) is 11.5 Å². The fourth-order valence-electron chi connectivity index (χ4n) is 3.15. The summed E-state index contributed by atoms with van der Waals surface area (Å²) in [5, 5.41) is 11.3. The Morgan fingerprint density at radius 2 is 1.88 bits per heavy atom. The Morgan fingerprint density at radius 1 is 1.09 bits per heavy atom. The van der Waals surface area contributed by atoms with Gasteiger partial charge in [-0.3, -0.25) is 14.9 Å². The Kier molecular flexibility index (Phi) is 7.92. The third-order valence-electron chi connectivity index (χ3n) is 4.77. The molecule has 0 aliphatic carbocycles. The largest absolute Gasteiger partial charge is 0.496 e. The summed E-state index contributed by atoms with van der Waals surface area (Å²) in [6, 6.07) is 15.2. The second-order valence-electron chi connectivity index (χ2n) is 7.19. The molecule has 0 unspecified atom stereocenters. The van der Waals surface area contributed by atoms with E-state index < -0.39 is 17.3 Å². The lowest BCUT2D eigenvalue weighted by atomic mass is 10.1. The number of nitrogens with zero attached hydrogens (tertiary/aromatic N) is 1. The van der Waals surface area contributed by atoms with E-state index in [1.807, 2.05) is 0 Å². The molecule has 0 spiro atoms. The van der Waals surface area contributed by atoms with Crippen molar-refractivity contribution in [3.8, 4) is 17.2 Å². The van der Waals surface area contributed by atoms with Crippen molar-refractivity contribution in [1.29, 1.82) is 0 Å². The standard InChI is InChI=1S/C25H21F2NO6/c1-16-6-9-21(28(30)31)24(12-16)33-15-19-13-17(8-11-23(19)32-2)7-10-22(29)18-4-3-5-20(14-18)34-25(26)27/h3-14,25H,15H2,1-2H3/b10-7+. The molecule has 7 nitrogen and oxygen atoms in total. The number of alkyl halides is 2. The van der Waals surface area contributed by atoms with E-state index in [0.717, 1.165) is 5.56 Å². The number of ether oxygens (including phenoxy) is 3. The lowest BCUT2D eigenvalue weighted by molar-refractivity contribution is -0.386. The summed E-state index contributed by atoms with van der Waals surface area (Å²) in [5.74, 6) is 0.136. The zero-order valence-electron chi connectivity index (χ0n) is 18.4. The molecule has 3 aromatic carbocycles. The maximum absolute atomic E-state index is 12.5. The zero-order valence-corrected chi connectivity index (χ0v) is 18.4. The van der Waals surface area contributed by atoms with E-state index >= 15 is 0 Å². The topological polar surface area (TPSA) is 87.9 Å². The number of nitro groups is 1. The normalized spacial score (nSPS) is 11.0. The quantitative estimate of drug-likeness (QED) is 0.157. The molecular weight excluding hydrogens is 448 g/mol. The van der Waals surface area contributed by atoms with Gasteiger partial charge in [0.25, 0.3) is 0 Å². The molecular formula is C25H21F2NO6. The second-order valence-corrected chi connectivity index (χ2v) is 7.19. The fraction of sp³-hybridized carbons (Fsp3) is 0.160. The van der Waals surface area contributed by atoms with Crippen molar-refractivity contribution >= 4 is 17.5 Å².